The Morgan fingerprint density at radius 3 is 2.82 bits per heavy atom. The van der Waals surface area contributed by atoms with E-state index >= 15 is 0 Å². The molecule has 1 aromatic heterocycles. The molecule has 1 aromatic rings. The van der Waals surface area contributed by atoms with Crippen molar-refractivity contribution in [2.24, 2.45) is 11.7 Å². The van der Waals surface area contributed by atoms with Crippen LogP contribution in [0, 0.1) is 9.49 Å². The number of hydrogen-bond acceptors (Lipinski definition) is 1. The van der Waals surface area contributed by atoms with E-state index in [1.807, 2.05) is 6.20 Å². The molecule has 11 heavy (non-hydrogen) atoms. The molecule has 1 aliphatic rings. The fourth-order valence-electron chi connectivity index (χ4n) is 1.29. The molecule has 0 saturated heterocycles. The van der Waals surface area contributed by atoms with Crippen LogP contribution < -0.4 is 5.73 Å². The van der Waals surface area contributed by atoms with Gasteiger partial charge in [-0.2, -0.15) is 0 Å². The minimum Gasteiger partial charge on any atom is -0.363 e. The molecule has 0 aliphatic heterocycles. The van der Waals surface area contributed by atoms with E-state index in [2.05, 4.69) is 33.6 Å². The highest BCUT2D eigenvalue weighted by molar-refractivity contribution is 14.1. The summed E-state index contributed by atoms with van der Waals surface area (Å²) in [6.45, 7) is 0. The Balaban J connectivity index is 2.14. The van der Waals surface area contributed by atoms with Gasteiger partial charge in [-0.25, -0.2) is 0 Å². The number of hydrogen-bond donors (Lipinski definition) is 2. The van der Waals surface area contributed by atoms with Crippen LogP contribution in [0.4, 0.5) is 0 Å². The summed E-state index contributed by atoms with van der Waals surface area (Å²) < 4.78 is 1.24. The lowest BCUT2D eigenvalue weighted by atomic mass is 10.1. The van der Waals surface area contributed by atoms with Crippen LogP contribution >= 0.6 is 22.6 Å². The molecular weight excluding hydrogens is 251 g/mol. The Bertz CT molecular complexity index is 252. The Labute approximate surface area is 79.7 Å². The third-order valence-corrected chi connectivity index (χ3v) is 2.78. The molecule has 0 spiro atoms. The molecular formula is C8H11IN2. The topological polar surface area (TPSA) is 41.8 Å². The molecule has 1 fully saturated rings. The third-order valence-electron chi connectivity index (χ3n) is 2.16. The lowest BCUT2D eigenvalue weighted by molar-refractivity contribution is 0.618. The minimum absolute atomic E-state index is 0.249. The summed E-state index contributed by atoms with van der Waals surface area (Å²) in [6.07, 6.45) is 4.60. The SMILES string of the molecule is N[C@H](c1cc(I)c[nH]1)C1CC1. The molecule has 1 aliphatic carbocycles. The van der Waals surface area contributed by atoms with Gasteiger partial charge in [0.1, 0.15) is 0 Å². The first-order chi connectivity index (χ1) is 5.27. The van der Waals surface area contributed by atoms with E-state index in [4.69, 9.17) is 5.73 Å². The monoisotopic (exact) mass is 262 g/mol. The minimum atomic E-state index is 0.249. The van der Waals surface area contributed by atoms with E-state index < -0.39 is 0 Å². The first-order valence-electron chi connectivity index (χ1n) is 3.87. The van der Waals surface area contributed by atoms with Crippen LogP contribution in [0.5, 0.6) is 0 Å². The van der Waals surface area contributed by atoms with E-state index in [-0.39, 0.29) is 6.04 Å². The average Bonchev–Trinajstić information content (AvgIpc) is 2.74. The van der Waals surface area contributed by atoms with Crippen molar-refractivity contribution in [2.75, 3.05) is 0 Å². The molecule has 0 aromatic carbocycles. The zero-order valence-electron chi connectivity index (χ0n) is 6.18. The Morgan fingerprint density at radius 2 is 2.36 bits per heavy atom. The summed E-state index contributed by atoms with van der Waals surface area (Å²) in [5, 5.41) is 0. The summed E-state index contributed by atoms with van der Waals surface area (Å²) in [5.74, 6) is 0.740. The second kappa shape index (κ2) is 2.79. The predicted octanol–water partition coefficient (Wildman–Crippen LogP) is 2.03. The van der Waals surface area contributed by atoms with E-state index in [0.717, 1.165) is 5.92 Å². The summed E-state index contributed by atoms with van der Waals surface area (Å²) in [5.41, 5.74) is 7.17. The molecule has 2 rings (SSSR count). The molecule has 3 N–H and O–H groups in total. The van der Waals surface area contributed by atoms with Gasteiger partial charge in [0.05, 0.1) is 0 Å². The van der Waals surface area contributed by atoms with Crippen LogP contribution in [0.25, 0.3) is 0 Å². The van der Waals surface area contributed by atoms with Gasteiger partial charge >= 0.3 is 0 Å². The van der Waals surface area contributed by atoms with E-state index in [1.54, 1.807) is 0 Å². The van der Waals surface area contributed by atoms with Crippen LogP contribution in [0.1, 0.15) is 24.6 Å². The summed E-state index contributed by atoms with van der Waals surface area (Å²) in [4.78, 5) is 3.19. The molecule has 1 atom stereocenters. The van der Waals surface area contributed by atoms with Gasteiger partial charge in [0, 0.05) is 21.5 Å². The molecule has 2 nitrogen and oxygen atoms in total. The van der Waals surface area contributed by atoms with Gasteiger partial charge < -0.3 is 10.7 Å². The Hall–Kier alpha value is -0.0300. The van der Waals surface area contributed by atoms with Gasteiger partial charge in [0.2, 0.25) is 0 Å². The molecule has 0 unspecified atom stereocenters. The zero-order chi connectivity index (χ0) is 7.84. The molecule has 0 bridgehead atoms. The number of aromatic amines is 1. The maximum absolute atomic E-state index is 5.98. The Morgan fingerprint density at radius 1 is 1.64 bits per heavy atom. The molecule has 60 valence electrons. The molecule has 1 saturated carbocycles. The highest BCUT2D eigenvalue weighted by Crippen LogP contribution is 2.39. The van der Waals surface area contributed by atoms with E-state index in [9.17, 15) is 0 Å². The maximum Gasteiger partial charge on any atom is 0.0476 e. The predicted molar refractivity (Wildman–Crippen MR) is 53.2 cm³/mol. The van der Waals surface area contributed by atoms with Crippen molar-refractivity contribution in [3.8, 4) is 0 Å². The lowest BCUT2D eigenvalue weighted by Crippen LogP contribution is -2.12. The van der Waals surface area contributed by atoms with Crippen LogP contribution in [0.15, 0.2) is 12.3 Å². The second-order valence-corrected chi connectivity index (χ2v) is 4.38. The second-order valence-electron chi connectivity index (χ2n) is 3.14. The first kappa shape index (κ1) is 7.61. The molecule has 0 radical (unpaired) electrons. The van der Waals surface area contributed by atoms with Gasteiger partial charge in [0.25, 0.3) is 0 Å². The quantitative estimate of drug-likeness (QED) is 0.787. The van der Waals surface area contributed by atoms with Crippen LogP contribution in [0.2, 0.25) is 0 Å². The van der Waals surface area contributed by atoms with Crippen molar-refractivity contribution in [2.45, 2.75) is 18.9 Å². The number of halogens is 1. The number of aromatic nitrogens is 1. The smallest absolute Gasteiger partial charge is 0.0476 e. The van der Waals surface area contributed by atoms with Crippen molar-refractivity contribution >= 4 is 22.6 Å². The zero-order valence-corrected chi connectivity index (χ0v) is 8.34. The van der Waals surface area contributed by atoms with Crippen LogP contribution in [0.3, 0.4) is 0 Å². The largest absolute Gasteiger partial charge is 0.363 e. The average molecular weight is 262 g/mol. The van der Waals surface area contributed by atoms with Crippen molar-refractivity contribution in [3.05, 3.63) is 21.5 Å². The fourth-order valence-corrected chi connectivity index (χ4v) is 1.78. The number of H-pyrrole nitrogens is 1. The van der Waals surface area contributed by atoms with Gasteiger partial charge in [0.15, 0.2) is 0 Å². The van der Waals surface area contributed by atoms with E-state index in [0.29, 0.717) is 0 Å². The van der Waals surface area contributed by atoms with Crippen molar-refractivity contribution in [3.63, 3.8) is 0 Å². The number of nitrogens with one attached hydrogen (secondary N) is 1. The first-order valence-corrected chi connectivity index (χ1v) is 4.94. The lowest BCUT2D eigenvalue weighted by Gasteiger charge is -2.06. The fraction of sp³-hybridized carbons (Fsp3) is 0.500. The Kier molecular flexibility index (Phi) is 1.93. The molecule has 1 heterocycles. The van der Waals surface area contributed by atoms with Crippen molar-refractivity contribution < 1.29 is 0 Å². The van der Waals surface area contributed by atoms with Gasteiger partial charge in [-0.3, -0.25) is 0 Å². The third kappa shape index (κ3) is 1.59. The number of rotatable bonds is 2. The van der Waals surface area contributed by atoms with Crippen LogP contribution in [-0.2, 0) is 0 Å². The molecule has 3 heteroatoms. The van der Waals surface area contributed by atoms with E-state index in [1.165, 1.54) is 22.1 Å². The van der Waals surface area contributed by atoms with Crippen molar-refractivity contribution in [1.29, 1.82) is 0 Å². The summed E-state index contributed by atoms with van der Waals surface area (Å²) in [6, 6.07) is 2.38. The van der Waals surface area contributed by atoms with Crippen LogP contribution in [-0.4, -0.2) is 4.98 Å². The van der Waals surface area contributed by atoms with Gasteiger partial charge in [-0.05, 0) is 47.4 Å². The highest BCUT2D eigenvalue weighted by Gasteiger charge is 2.30. The normalized spacial score (nSPS) is 20.2. The number of nitrogens with two attached hydrogens (primary N) is 1. The summed E-state index contributed by atoms with van der Waals surface area (Å²) in [7, 11) is 0. The maximum atomic E-state index is 5.98. The molecule has 0 amide bonds. The van der Waals surface area contributed by atoms with Gasteiger partial charge in [-0.1, -0.05) is 0 Å². The van der Waals surface area contributed by atoms with Crippen molar-refractivity contribution in [1.82, 2.24) is 4.98 Å². The van der Waals surface area contributed by atoms with Gasteiger partial charge in [-0.15, -0.1) is 0 Å². The highest BCUT2D eigenvalue weighted by atomic mass is 127. The summed E-state index contributed by atoms with van der Waals surface area (Å²) >= 11 is 2.29. The standard InChI is InChI=1S/C8H11IN2/c9-6-3-7(11-4-6)8(10)5-1-2-5/h3-5,8,11H,1-2,10H2/t8-/m0/s1.